The van der Waals surface area contributed by atoms with Crippen molar-refractivity contribution >= 4 is 23.9 Å². The summed E-state index contributed by atoms with van der Waals surface area (Å²) in [6.45, 7) is 17.5. The van der Waals surface area contributed by atoms with E-state index in [9.17, 15) is 19.2 Å². The second-order valence-electron chi connectivity index (χ2n) is 14.0. The predicted octanol–water partition coefficient (Wildman–Crippen LogP) is 11.2. The summed E-state index contributed by atoms with van der Waals surface area (Å²) in [4.78, 5) is 55.0. The van der Waals surface area contributed by atoms with Crippen molar-refractivity contribution in [1.29, 1.82) is 0 Å². The van der Waals surface area contributed by atoms with Gasteiger partial charge in [0, 0.05) is 0 Å². The zero-order valence-corrected chi connectivity index (χ0v) is 32.9. The number of rotatable bonds is 28. The highest BCUT2D eigenvalue weighted by molar-refractivity contribution is 6.10. The largest absolute Gasteiger partial charge is 0.462 e. The summed E-state index contributed by atoms with van der Waals surface area (Å²) in [6, 6.07) is 2.56. The van der Waals surface area contributed by atoms with Crippen LogP contribution in [0.3, 0.4) is 0 Å². The van der Waals surface area contributed by atoms with Crippen molar-refractivity contribution in [3.05, 3.63) is 34.4 Å². The number of esters is 4. The minimum atomic E-state index is -0.737. The molecule has 0 aromatic heterocycles. The summed E-state index contributed by atoms with van der Waals surface area (Å²) in [6.07, 6.45) is 15.3. The third kappa shape index (κ3) is 16.4. The Hall–Kier alpha value is -2.90. The van der Waals surface area contributed by atoms with E-state index >= 15 is 0 Å². The summed E-state index contributed by atoms with van der Waals surface area (Å²) in [5.41, 5.74) is -0.452. The number of carbonyl (C=O) groups excluding carboxylic acids is 4. The van der Waals surface area contributed by atoms with E-state index in [1.807, 2.05) is 0 Å². The van der Waals surface area contributed by atoms with Gasteiger partial charge >= 0.3 is 23.9 Å². The maximum atomic E-state index is 13.7. The highest BCUT2D eigenvalue weighted by Gasteiger charge is 2.30. The van der Waals surface area contributed by atoms with E-state index in [1.54, 1.807) is 0 Å². The number of carbonyl (C=O) groups is 4. The van der Waals surface area contributed by atoms with E-state index < -0.39 is 23.9 Å². The first-order valence-electron chi connectivity index (χ1n) is 20.0. The molecule has 0 unspecified atom stereocenters. The van der Waals surface area contributed by atoms with Gasteiger partial charge < -0.3 is 18.9 Å². The fraction of sp³-hybridized carbons (Fsp3) is 0.762. The van der Waals surface area contributed by atoms with Crippen LogP contribution >= 0.6 is 0 Å². The molecule has 0 N–H and O–H groups in total. The first-order chi connectivity index (χ1) is 24.1. The van der Waals surface area contributed by atoms with Gasteiger partial charge in [0.15, 0.2) is 0 Å². The van der Waals surface area contributed by atoms with Gasteiger partial charge in [-0.1, -0.05) is 132 Å². The predicted molar refractivity (Wildman–Crippen MR) is 201 cm³/mol. The first-order valence-corrected chi connectivity index (χ1v) is 20.0. The van der Waals surface area contributed by atoms with Crippen LogP contribution in [0.5, 0.6) is 0 Å². The minimum Gasteiger partial charge on any atom is -0.462 e. The second kappa shape index (κ2) is 26.8. The number of hydrogen-bond acceptors (Lipinski definition) is 8. The van der Waals surface area contributed by atoms with E-state index in [1.165, 1.54) is 12.1 Å². The van der Waals surface area contributed by atoms with Crippen molar-refractivity contribution < 1.29 is 38.1 Å². The molecule has 0 saturated carbocycles. The van der Waals surface area contributed by atoms with Crippen LogP contribution in [0.1, 0.15) is 200 Å². The Bertz CT molecular complexity index is 959. The van der Waals surface area contributed by atoms with Crippen LogP contribution in [0.25, 0.3) is 0 Å². The smallest absolute Gasteiger partial charge is 0.339 e. The van der Waals surface area contributed by atoms with Crippen molar-refractivity contribution in [2.45, 2.75) is 158 Å². The summed E-state index contributed by atoms with van der Waals surface area (Å²) in [5.74, 6) is -2.26. The molecule has 4 atom stereocenters. The standard InChI is InChI=1S/C42H70O8/c1-9-17-21-31(13-5)27-47-39(43)35-25-37(41(45)49-29-33(15-7)23-19-11-3)38(42(46)50-30-34(16-8)24-20-12-4)26-36(35)40(44)48-28-32(14-6)22-18-10-2/h25-26,31-34H,9-24,27-30H2,1-8H3/t31-,32-,33-,34+/m0/s1. The molecule has 0 aliphatic heterocycles. The molecule has 0 aliphatic carbocycles. The lowest BCUT2D eigenvalue weighted by atomic mass is 9.96. The molecule has 8 nitrogen and oxygen atoms in total. The van der Waals surface area contributed by atoms with Crippen LogP contribution in [0.15, 0.2) is 12.1 Å². The zero-order chi connectivity index (χ0) is 37.3. The third-order valence-corrected chi connectivity index (χ3v) is 10.0. The molecule has 0 heterocycles. The lowest BCUT2D eigenvalue weighted by Gasteiger charge is -2.20. The van der Waals surface area contributed by atoms with Gasteiger partial charge in [-0.25, -0.2) is 19.2 Å². The number of benzene rings is 1. The third-order valence-electron chi connectivity index (χ3n) is 10.0. The molecular weight excluding hydrogens is 632 g/mol. The number of hydrogen-bond donors (Lipinski definition) is 0. The molecule has 0 radical (unpaired) electrons. The summed E-state index contributed by atoms with van der Waals surface area (Å²) in [5, 5.41) is 0. The monoisotopic (exact) mass is 703 g/mol. The summed E-state index contributed by atoms with van der Waals surface area (Å²) in [7, 11) is 0. The normalized spacial score (nSPS) is 13.6. The maximum Gasteiger partial charge on any atom is 0.339 e. The number of ether oxygens (including phenoxy) is 4. The minimum absolute atomic E-state index is 0.113. The van der Waals surface area contributed by atoms with Gasteiger partial charge in [-0.15, -0.1) is 0 Å². The van der Waals surface area contributed by atoms with Crippen LogP contribution in [-0.4, -0.2) is 50.3 Å². The highest BCUT2D eigenvalue weighted by atomic mass is 16.5. The molecule has 0 aliphatic rings. The molecule has 1 rings (SSSR count). The SMILES string of the molecule is CCCC[C@@H](CC)COC(=O)c1cc(C(=O)OC[C@@H](CC)CCCC)c(C(=O)OC[C@@H](CC)CCCC)cc1C(=O)OC[C@@H](CC)CCCC. The lowest BCUT2D eigenvalue weighted by molar-refractivity contribution is 0.0365. The molecule has 286 valence electrons. The quantitative estimate of drug-likeness (QED) is 0.0627. The van der Waals surface area contributed by atoms with Gasteiger partial charge in [-0.2, -0.15) is 0 Å². The lowest BCUT2D eigenvalue weighted by Crippen LogP contribution is -2.24. The summed E-state index contributed by atoms with van der Waals surface area (Å²) >= 11 is 0. The average Bonchev–Trinajstić information content (AvgIpc) is 3.14. The molecular formula is C42H70O8. The maximum absolute atomic E-state index is 13.7. The van der Waals surface area contributed by atoms with Crippen molar-refractivity contribution in [2.75, 3.05) is 26.4 Å². The van der Waals surface area contributed by atoms with Gasteiger partial charge in [0.25, 0.3) is 0 Å². The van der Waals surface area contributed by atoms with Crippen LogP contribution in [0.4, 0.5) is 0 Å². The van der Waals surface area contributed by atoms with Gasteiger partial charge in [0.2, 0.25) is 0 Å². The van der Waals surface area contributed by atoms with Crippen molar-refractivity contribution in [2.24, 2.45) is 23.7 Å². The van der Waals surface area contributed by atoms with Crippen LogP contribution in [0.2, 0.25) is 0 Å². The van der Waals surface area contributed by atoms with E-state index in [-0.39, 0.29) is 72.4 Å². The fourth-order valence-corrected chi connectivity index (χ4v) is 5.95. The van der Waals surface area contributed by atoms with E-state index in [2.05, 4.69) is 55.4 Å². The molecule has 0 amide bonds. The number of unbranched alkanes of at least 4 members (excludes halogenated alkanes) is 4. The van der Waals surface area contributed by atoms with Crippen molar-refractivity contribution in [3.8, 4) is 0 Å². The Morgan fingerprint density at radius 1 is 0.400 bits per heavy atom. The molecule has 0 saturated heterocycles. The molecule has 0 bridgehead atoms. The Balaban J connectivity index is 3.65. The van der Waals surface area contributed by atoms with Crippen LogP contribution < -0.4 is 0 Å². The van der Waals surface area contributed by atoms with Gasteiger partial charge in [0.05, 0.1) is 48.7 Å². The van der Waals surface area contributed by atoms with Crippen molar-refractivity contribution in [3.63, 3.8) is 0 Å². The van der Waals surface area contributed by atoms with Gasteiger partial charge in [0.1, 0.15) is 0 Å². The Morgan fingerprint density at radius 3 is 0.760 bits per heavy atom. The zero-order valence-electron chi connectivity index (χ0n) is 32.9. The van der Waals surface area contributed by atoms with E-state index in [4.69, 9.17) is 18.9 Å². The Morgan fingerprint density at radius 2 is 0.600 bits per heavy atom. The Kier molecular flexibility index (Phi) is 24.2. The van der Waals surface area contributed by atoms with E-state index in [0.717, 1.165) is 103 Å². The first kappa shape index (κ1) is 45.1. The van der Waals surface area contributed by atoms with Crippen molar-refractivity contribution in [1.82, 2.24) is 0 Å². The summed E-state index contributed by atoms with van der Waals surface area (Å²) < 4.78 is 23.1. The second-order valence-corrected chi connectivity index (χ2v) is 14.0. The fourth-order valence-electron chi connectivity index (χ4n) is 5.95. The Labute approximate surface area is 304 Å². The average molecular weight is 703 g/mol. The topological polar surface area (TPSA) is 105 Å². The van der Waals surface area contributed by atoms with E-state index in [0.29, 0.717) is 0 Å². The molecule has 8 heteroatoms. The molecule has 0 fully saturated rings. The molecule has 1 aromatic carbocycles. The molecule has 0 spiro atoms. The van der Waals surface area contributed by atoms with Gasteiger partial charge in [-0.3, -0.25) is 0 Å². The van der Waals surface area contributed by atoms with Crippen LogP contribution in [-0.2, 0) is 18.9 Å². The highest BCUT2D eigenvalue weighted by Crippen LogP contribution is 2.25. The van der Waals surface area contributed by atoms with Crippen LogP contribution in [0, 0.1) is 23.7 Å². The molecule has 50 heavy (non-hydrogen) atoms. The molecule has 1 aromatic rings. The van der Waals surface area contributed by atoms with Gasteiger partial charge in [-0.05, 0) is 61.5 Å².